The fraction of sp³-hybridized carbons (Fsp3) is 0.667. The molecule has 1 aromatic carbocycles. The van der Waals surface area contributed by atoms with E-state index in [1.807, 2.05) is 19.9 Å². The average molecular weight is 422 g/mol. The maximum atomic E-state index is 13.7. The Balaban J connectivity index is 2.13. The molecule has 1 fully saturated rings. The van der Waals surface area contributed by atoms with Crippen LogP contribution in [0.2, 0.25) is 0 Å². The summed E-state index contributed by atoms with van der Waals surface area (Å²) in [7, 11) is 0. The normalized spacial score (nSPS) is 19.0. The molecule has 2 rings (SSSR count). The highest BCUT2D eigenvalue weighted by molar-refractivity contribution is 5.76. The highest BCUT2D eigenvalue weighted by Gasteiger charge is 2.35. The lowest BCUT2D eigenvalue weighted by molar-refractivity contribution is -0.116. The van der Waals surface area contributed by atoms with Gasteiger partial charge in [-0.15, -0.1) is 0 Å². The van der Waals surface area contributed by atoms with E-state index in [2.05, 4.69) is 5.32 Å². The van der Waals surface area contributed by atoms with Gasteiger partial charge in [-0.05, 0) is 83.6 Å². The number of aldehydes is 1. The van der Waals surface area contributed by atoms with E-state index in [1.165, 1.54) is 18.9 Å². The Morgan fingerprint density at radius 1 is 1.27 bits per heavy atom. The van der Waals surface area contributed by atoms with Crippen LogP contribution in [0.4, 0.5) is 9.18 Å². The van der Waals surface area contributed by atoms with Crippen LogP contribution in [-0.4, -0.2) is 36.2 Å². The van der Waals surface area contributed by atoms with E-state index in [9.17, 15) is 14.0 Å². The third-order valence-corrected chi connectivity index (χ3v) is 5.70. The minimum Gasteiger partial charge on any atom is -0.444 e. The predicted molar refractivity (Wildman–Crippen MR) is 115 cm³/mol. The zero-order valence-corrected chi connectivity index (χ0v) is 19.1. The lowest BCUT2D eigenvalue weighted by Crippen LogP contribution is -2.53. The molecule has 0 heterocycles. The van der Waals surface area contributed by atoms with Crippen LogP contribution in [0.25, 0.3) is 0 Å². The first kappa shape index (κ1) is 24.3. The molecule has 0 aliphatic heterocycles. The molecule has 0 aromatic heterocycles. The summed E-state index contributed by atoms with van der Waals surface area (Å²) in [5.74, 6) is 0.307. The molecule has 0 bridgehead atoms. The lowest BCUT2D eigenvalue weighted by Gasteiger charge is -2.34. The standard InChI is InChI=1S/C24H36FNO4/c1-16-13-19(25)11-12-20(16)21(18-9-7-8-10-18)17(2)29-15-24(6,14-27)26-22(28)30-23(3,4)5/h11-14,17-18,21H,7-10,15H2,1-6H3,(H,26,28)/t17-,21+,24-/m1/s1. The zero-order valence-electron chi connectivity index (χ0n) is 19.1. The molecule has 0 unspecified atom stereocenters. The van der Waals surface area contributed by atoms with Gasteiger partial charge < -0.3 is 19.6 Å². The van der Waals surface area contributed by atoms with Crippen molar-refractivity contribution >= 4 is 12.4 Å². The van der Waals surface area contributed by atoms with E-state index in [1.54, 1.807) is 33.8 Å². The van der Waals surface area contributed by atoms with Crippen molar-refractivity contribution in [3.63, 3.8) is 0 Å². The fourth-order valence-corrected chi connectivity index (χ4v) is 4.26. The first-order valence-electron chi connectivity index (χ1n) is 10.8. The van der Waals surface area contributed by atoms with Crippen LogP contribution >= 0.6 is 0 Å². The van der Waals surface area contributed by atoms with Crippen molar-refractivity contribution < 1.29 is 23.5 Å². The lowest BCUT2D eigenvalue weighted by atomic mass is 9.79. The Hall–Kier alpha value is -1.95. The Morgan fingerprint density at radius 3 is 2.43 bits per heavy atom. The highest BCUT2D eigenvalue weighted by atomic mass is 19.1. The second-order valence-electron chi connectivity index (χ2n) is 9.75. The van der Waals surface area contributed by atoms with Gasteiger partial charge in [-0.2, -0.15) is 0 Å². The third kappa shape index (κ3) is 6.79. The average Bonchev–Trinajstić information content (AvgIpc) is 3.14. The van der Waals surface area contributed by atoms with E-state index >= 15 is 0 Å². The summed E-state index contributed by atoms with van der Waals surface area (Å²) in [5, 5.41) is 2.62. The summed E-state index contributed by atoms with van der Waals surface area (Å²) >= 11 is 0. The highest BCUT2D eigenvalue weighted by Crippen LogP contribution is 2.41. The van der Waals surface area contributed by atoms with Crippen LogP contribution in [0.5, 0.6) is 0 Å². The molecular formula is C24H36FNO4. The number of alkyl carbamates (subject to hydrolysis) is 1. The van der Waals surface area contributed by atoms with E-state index in [0.717, 1.165) is 24.0 Å². The molecule has 1 N–H and O–H groups in total. The van der Waals surface area contributed by atoms with Crippen molar-refractivity contribution in [2.75, 3.05) is 6.61 Å². The largest absolute Gasteiger partial charge is 0.444 e. The second-order valence-corrected chi connectivity index (χ2v) is 9.75. The van der Waals surface area contributed by atoms with Gasteiger partial charge in [-0.3, -0.25) is 0 Å². The minimum atomic E-state index is -1.20. The summed E-state index contributed by atoms with van der Waals surface area (Å²) in [6.45, 7) is 10.9. The molecule has 1 aliphatic rings. The Morgan fingerprint density at radius 2 is 1.90 bits per heavy atom. The summed E-state index contributed by atoms with van der Waals surface area (Å²) < 4.78 is 25.1. The topological polar surface area (TPSA) is 64.6 Å². The summed E-state index contributed by atoms with van der Waals surface area (Å²) in [4.78, 5) is 23.9. The monoisotopic (exact) mass is 421 g/mol. The van der Waals surface area contributed by atoms with Crippen LogP contribution < -0.4 is 5.32 Å². The van der Waals surface area contributed by atoms with E-state index < -0.39 is 17.2 Å². The number of carbonyl (C=O) groups is 2. The Kier molecular flexibility index (Phi) is 8.03. The molecule has 6 heteroatoms. The van der Waals surface area contributed by atoms with Gasteiger partial charge in [0.1, 0.15) is 23.2 Å². The number of nitrogens with one attached hydrogen (secondary N) is 1. The van der Waals surface area contributed by atoms with Crippen LogP contribution in [0, 0.1) is 18.7 Å². The minimum absolute atomic E-state index is 0.0281. The number of hydrogen-bond acceptors (Lipinski definition) is 4. The van der Waals surface area contributed by atoms with Crippen molar-refractivity contribution in [2.45, 2.75) is 90.4 Å². The number of halogens is 1. The first-order chi connectivity index (χ1) is 13.9. The molecule has 0 radical (unpaired) electrons. The molecule has 3 atom stereocenters. The number of amides is 1. The van der Waals surface area contributed by atoms with Gasteiger partial charge in [0.2, 0.25) is 0 Å². The number of rotatable bonds is 8. The van der Waals surface area contributed by atoms with Gasteiger partial charge in [0.05, 0.1) is 12.7 Å². The van der Waals surface area contributed by atoms with Gasteiger partial charge in [-0.25, -0.2) is 9.18 Å². The molecule has 5 nitrogen and oxygen atoms in total. The number of ether oxygens (including phenoxy) is 2. The van der Waals surface area contributed by atoms with Crippen molar-refractivity contribution in [1.29, 1.82) is 0 Å². The number of hydrogen-bond donors (Lipinski definition) is 1. The van der Waals surface area contributed by atoms with E-state index in [4.69, 9.17) is 9.47 Å². The third-order valence-electron chi connectivity index (χ3n) is 5.70. The van der Waals surface area contributed by atoms with Crippen LogP contribution in [0.15, 0.2) is 18.2 Å². The zero-order chi connectivity index (χ0) is 22.5. The molecule has 1 saturated carbocycles. The molecule has 30 heavy (non-hydrogen) atoms. The second kappa shape index (κ2) is 9.90. The van der Waals surface area contributed by atoms with Crippen molar-refractivity contribution in [3.05, 3.63) is 35.1 Å². The summed E-state index contributed by atoms with van der Waals surface area (Å²) in [6, 6.07) is 4.91. The van der Waals surface area contributed by atoms with Gasteiger partial charge in [0.25, 0.3) is 0 Å². The summed E-state index contributed by atoms with van der Waals surface area (Å²) in [6.07, 6.45) is 4.40. The van der Waals surface area contributed by atoms with Crippen molar-refractivity contribution in [2.24, 2.45) is 5.92 Å². The van der Waals surface area contributed by atoms with Gasteiger partial charge in [0.15, 0.2) is 0 Å². The molecule has 0 spiro atoms. The summed E-state index contributed by atoms with van der Waals surface area (Å²) in [5.41, 5.74) is 0.140. The van der Waals surface area contributed by atoms with Gasteiger partial charge in [-0.1, -0.05) is 18.9 Å². The van der Waals surface area contributed by atoms with Crippen molar-refractivity contribution in [1.82, 2.24) is 5.32 Å². The molecular weight excluding hydrogens is 385 g/mol. The van der Waals surface area contributed by atoms with E-state index in [0.29, 0.717) is 12.2 Å². The molecule has 1 amide bonds. The number of benzene rings is 1. The molecule has 1 aromatic rings. The van der Waals surface area contributed by atoms with Gasteiger partial charge in [0, 0.05) is 5.92 Å². The van der Waals surface area contributed by atoms with E-state index in [-0.39, 0.29) is 24.4 Å². The SMILES string of the molecule is Cc1cc(F)ccc1[C@H](C1CCCC1)[C@@H](C)OC[C@@](C)(C=O)NC(=O)OC(C)(C)C. The molecule has 1 aliphatic carbocycles. The predicted octanol–water partition coefficient (Wildman–Crippen LogP) is 5.30. The van der Waals surface area contributed by atoms with Crippen LogP contribution in [-0.2, 0) is 14.3 Å². The number of aryl methyl sites for hydroxylation is 1. The van der Waals surface area contributed by atoms with Crippen molar-refractivity contribution in [3.8, 4) is 0 Å². The molecule has 0 saturated heterocycles. The van der Waals surface area contributed by atoms with Crippen LogP contribution in [0.1, 0.15) is 77.3 Å². The Bertz CT molecular complexity index is 739. The Labute approximate surface area is 179 Å². The fourth-order valence-electron chi connectivity index (χ4n) is 4.26. The number of carbonyl (C=O) groups excluding carboxylic acids is 2. The maximum Gasteiger partial charge on any atom is 0.408 e. The smallest absolute Gasteiger partial charge is 0.408 e. The first-order valence-corrected chi connectivity index (χ1v) is 10.8. The molecule has 168 valence electrons. The van der Waals surface area contributed by atoms with Crippen LogP contribution in [0.3, 0.4) is 0 Å². The quantitative estimate of drug-likeness (QED) is 0.579. The van der Waals surface area contributed by atoms with Gasteiger partial charge >= 0.3 is 6.09 Å². The maximum absolute atomic E-state index is 13.7.